The predicted molar refractivity (Wildman–Crippen MR) is 116 cm³/mol. The fraction of sp³-hybridized carbons (Fsp3) is 0.435. The van der Waals surface area contributed by atoms with Crippen molar-refractivity contribution >= 4 is 11.9 Å². The minimum atomic E-state index is -0.615. The molecule has 1 amide bonds. The van der Waals surface area contributed by atoms with Gasteiger partial charge in [0.25, 0.3) is 0 Å². The third-order valence-corrected chi connectivity index (χ3v) is 4.91. The van der Waals surface area contributed by atoms with Gasteiger partial charge >= 0.3 is 6.09 Å². The third kappa shape index (κ3) is 5.86. The first kappa shape index (κ1) is 23.3. The van der Waals surface area contributed by atoms with E-state index < -0.39 is 23.6 Å². The zero-order valence-electron chi connectivity index (χ0n) is 18.4. The lowest BCUT2D eigenvalue weighted by Gasteiger charge is -2.41. The highest BCUT2D eigenvalue weighted by molar-refractivity contribution is 5.69. The second-order valence-electron chi connectivity index (χ2n) is 8.50. The molecule has 1 fully saturated rings. The number of hydrogen-bond acceptors (Lipinski definition) is 7. The molecule has 9 heteroatoms. The number of aromatic nitrogens is 1. The van der Waals surface area contributed by atoms with Crippen molar-refractivity contribution in [1.29, 1.82) is 5.26 Å². The molecule has 0 saturated carbocycles. The second kappa shape index (κ2) is 9.83. The fourth-order valence-corrected chi connectivity index (χ4v) is 3.33. The number of nitriles is 1. The minimum absolute atomic E-state index is 0.0281. The summed E-state index contributed by atoms with van der Waals surface area (Å²) in [5.41, 5.74) is -0.0478. The number of nitrogens with zero attached hydrogens (tertiary/aromatic N) is 4. The molecule has 1 aliphatic heterocycles. The van der Waals surface area contributed by atoms with Crippen LogP contribution in [-0.4, -0.2) is 59.0 Å². The van der Waals surface area contributed by atoms with Crippen LogP contribution in [0.1, 0.15) is 31.9 Å². The molecule has 0 radical (unpaired) electrons. The molecule has 1 aromatic heterocycles. The maximum Gasteiger partial charge on any atom is 0.410 e. The Hall–Kier alpha value is -3.38. The smallest absolute Gasteiger partial charge is 0.410 e. The van der Waals surface area contributed by atoms with Crippen LogP contribution in [0, 0.1) is 17.1 Å². The van der Waals surface area contributed by atoms with Crippen LogP contribution < -0.4 is 9.64 Å². The second-order valence-corrected chi connectivity index (χ2v) is 8.50. The summed E-state index contributed by atoms with van der Waals surface area (Å²) in [7, 11) is 0. The van der Waals surface area contributed by atoms with Crippen molar-refractivity contribution in [3.63, 3.8) is 0 Å². The van der Waals surface area contributed by atoms with Gasteiger partial charge < -0.3 is 19.5 Å². The number of aliphatic hydroxyl groups is 1. The number of carbonyl (C=O) groups excluding carboxylic acids is 1. The van der Waals surface area contributed by atoms with Gasteiger partial charge in [0.2, 0.25) is 5.88 Å². The summed E-state index contributed by atoms with van der Waals surface area (Å²) in [6.07, 6.45) is -0.453. The van der Waals surface area contributed by atoms with Gasteiger partial charge in [0, 0.05) is 31.3 Å². The fourth-order valence-electron chi connectivity index (χ4n) is 3.33. The molecule has 2 heterocycles. The summed E-state index contributed by atoms with van der Waals surface area (Å²) < 4.78 is 25.2. The first-order chi connectivity index (χ1) is 15.2. The number of carbonyl (C=O) groups is 1. The predicted octanol–water partition coefficient (Wildman–Crippen LogP) is 3.09. The number of amides is 1. The van der Waals surface area contributed by atoms with E-state index in [1.807, 2.05) is 17.0 Å². The SMILES string of the molecule is CC(C)(C)OC(=O)N1CCN(c2cccc(OCc3ccc(C#N)cc3F)n2)C[C@@H]1CO. The molecule has 1 aromatic carbocycles. The maximum absolute atomic E-state index is 14.1. The number of anilines is 1. The van der Waals surface area contributed by atoms with Crippen LogP contribution >= 0.6 is 0 Å². The van der Waals surface area contributed by atoms with Gasteiger partial charge in [-0.25, -0.2) is 9.18 Å². The van der Waals surface area contributed by atoms with Gasteiger partial charge in [-0.1, -0.05) is 12.1 Å². The Morgan fingerprint density at radius 1 is 1.31 bits per heavy atom. The van der Waals surface area contributed by atoms with Gasteiger partial charge in [-0.2, -0.15) is 10.2 Å². The molecule has 3 rings (SSSR count). The van der Waals surface area contributed by atoms with Gasteiger partial charge in [0.05, 0.1) is 24.3 Å². The van der Waals surface area contributed by atoms with Crippen molar-refractivity contribution in [3.05, 3.63) is 53.3 Å². The zero-order chi connectivity index (χ0) is 23.3. The average Bonchev–Trinajstić information content (AvgIpc) is 2.76. The molecule has 0 spiro atoms. The monoisotopic (exact) mass is 442 g/mol. The van der Waals surface area contributed by atoms with E-state index >= 15 is 0 Å². The van der Waals surface area contributed by atoms with Crippen LogP contribution in [0.25, 0.3) is 0 Å². The van der Waals surface area contributed by atoms with Gasteiger partial charge in [-0.05, 0) is 39.0 Å². The molecule has 1 aliphatic rings. The zero-order valence-corrected chi connectivity index (χ0v) is 18.4. The number of ether oxygens (including phenoxy) is 2. The highest BCUT2D eigenvalue weighted by atomic mass is 19.1. The highest BCUT2D eigenvalue weighted by Gasteiger charge is 2.33. The van der Waals surface area contributed by atoms with Crippen LogP contribution in [0.5, 0.6) is 5.88 Å². The number of pyridine rings is 1. The molecule has 32 heavy (non-hydrogen) atoms. The van der Waals surface area contributed by atoms with Crippen LogP contribution in [0.3, 0.4) is 0 Å². The Kier molecular flexibility index (Phi) is 7.15. The molecule has 170 valence electrons. The van der Waals surface area contributed by atoms with Crippen LogP contribution in [-0.2, 0) is 11.3 Å². The number of halogens is 1. The van der Waals surface area contributed by atoms with E-state index in [1.54, 1.807) is 32.9 Å². The summed E-state index contributed by atoms with van der Waals surface area (Å²) >= 11 is 0. The lowest BCUT2D eigenvalue weighted by atomic mass is 10.1. The van der Waals surface area contributed by atoms with Gasteiger partial charge in [-0.15, -0.1) is 0 Å². The van der Waals surface area contributed by atoms with Crippen LogP contribution in [0.4, 0.5) is 15.0 Å². The first-order valence-corrected chi connectivity index (χ1v) is 10.3. The number of piperazine rings is 1. The van der Waals surface area contributed by atoms with E-state index in [1.165, 1.54) is 23.1 Å². The normalized spacial score (nSPS) is 16.4. The largest absolute Gasteiger partial charge is 0.473 e. The summed E-state index contributed by atoms with van der Waals surface area (Å²) in [5, 5.41) is 18.7. The molecule has 0 aliphatic carbocycles. The highest BCUT2D eigenvalue weighted by Crippen LogP contribution is 2.22. The molecule has 1 saturated heterocycles. The summed E-state index contributed by atoms with van der Waals surface area (Å²) in [6, 6.07) is 10.9. The Bertz CT molecular complexity index is 1000. The van der Waals surface area contributed by atoms with Crippen molar-refractivity contribution in [2.45, 2.75) is 39.0 Å². The third-order valence-electron chi connectivity index (χ3n) is 4.91. The quantitative estimate of drug-likeness (QED) is 0.760. The van der Waals surface area contributed by atoms with E-state index in [9.17, 15) is 14.3 Å². The van der Waals surface area contributed by atoms with Crippen molar-refractivity contribution in [2.75, 3.05) is 31.1 Å². The molecule has 1 atom stereocenters. The Balaban J connectivity index is 1.65. The van der Waals surface area contributed by atoms with Crippen LogP contribution in [0.15, 0.2) is 36.4 Å². The van der Waals surface area contributed by atoms with Crippen molar-refractivity contribution < 1.29 is 23.8 Å². The van der Waals surface area contributed by atoms with Crippen molar-refractivity contribution in [1.82, 2.24) is 9.88 Å². The maximum atomic E-state index is 14.1. The Morgan fingerprint density at radius 2 is 2.09 bits per heavy atom. The van der Waals surface area contributed by atoms with E-state index in [0.29, 0.717) is 36.9 Å². The summed E-state index contributed by atoms with van der Waals surface area (Å²) in [6.45, 7) is 6.44. The van der Waals surface area contributed by atoms with E-state index in [0.717, 1.165) is 0 Å². The Labute approximate surface area is 186 Å². The summed E-state index contributed by atoms with van der Waals surface area (Å²) in [4.78, 5) is 20.4. The molecular weight excluding hydrogens is 415 g/mol. The first-order valence-electron chi connectivity index (χ1n) is 10.3. The van der Waals surface area contributed by atoms with E-state index in [4.69, 9.17) is 14.7 Å². The minimum Gasteiger partial charge on any atom is -0.473 e. The molecule has 8 nitrogen and oxygen atoms in total. The number of hydrogen-bond donors (Lipinski definition) is 1. The molecule has 0 unspecified atom stereocenters. The van der Waals surface area contributed by atoms with Gasteiger partial charge in [-0.3, -0.25) is 4.90 Å². The molecule has 1 N–H and O–H groups in total. The molecular formula is C23H27FN4O4. The standard InChI is InChI=1S/C23H27FN4O4/c1-23(2,3)32-22(30)28-10-9-27(13-18(28)14-29)20-5-4-6-21(26-20)31-15-17-8-7-16(12-25)11-19(17)24/h4-8,11,18,29H,9-10,13-15H2,1-3H3/t18-/m1/s1. The lowest BCUT2D eigenvalue weighted by molar-refractivity contribution is 0.00698. The van der Waals surface area contributed by atoms with Crippen molar-refractivity contribution in [3.8, 4) is 11.9 Å². The molecule has 0 bridgehead atoms. The van der Waals surface area contributed by atoms with Gasteiger partial charge in [0.15, 0.2) is 0 Å². The Morgan fingerprint density at radius 3 is 2.75 bits per heavy atom. The van der Waals surface area contributed by atoms with Crippen LogP contribution in [0.2, 0.25) is 0 Å². The summed E-state index contributed by atoms with van der Waals surface area (Å²) in [5.74, 6) is 0.440. The van der Waals surface area contributed by atoms with E-state index in [-0.39, 0.29) is 18.8 Å². The van der Waals surface area contributed by atoms with Gasteiger partial charge in [0.1, 0.15) is 23.8 Å². The van der Waals surface area contributed by atoms with E-state index in [2.05, 4.69) is 4.98 Å². The van der Waals surface area contributed by atoms with Crippen molar-refractivity contribution in [2.24, 2.45) is 0 Å². The topological polar surface area (TPSA) is 98.9 Å². The molecule has 2 aromatic rings. The number of benzene rings is 1. The lowest BCUT2D eigenvalue weighted by Crippen LogP contribution is -2.57. The number of rotatable bonds is 5. The average molecular weight is 442 g/mol. The number of aliphatic hydroxyl groups excluding tert-OH is 1.